The molecule has 1 amide bonds. The van der Waals surface area contributed by atoms with Crippen molar-refractivity contribution in [3.8, 4) is 11.5 Å². The zero-order chi connectivity index (χ0) is 25.8. The van der Waals surface area contributed by atoms with E-state index in [4.69, 9.17) is 21.1 Å². The van der Waals surface area contributed by atoms with Gasteiger partial charge in [-0.05, 0) is 84.9 Å². The Morgan fingerprint density at radius 3 is 2.59 bits per heavy atom. The SMILES string of the molecule is CCSCCCOc1ccc(C2c3[nH]c4ccc(Cl)cc4c3CCN2C(=O)Oc2ccc(C)cc2)cc1. The number of rotatable bonds is 8. The molecule has 0 spiro atoms. The average Bonchev–Trinajstić information content (AvgIpc) is 3.27. The Morgan fingerprint density at radius 1 is 1.08 bits per heavy atom. The lowest BCUT2D eigenvalue weighted by atomic mass is 9.92. The van der Waals surface area contributed by atoms with Crippen LogP contribution in [-0.2, 0) is 6.42 Å². The zero-order valence-electron chi connectivity index (χ0n) is 21.1. The van der Waals surface area contributed by atoms with Crippen LogP contribution in [0.1, 0.15) is 41.8 Å². The second kappa shape index (κ2) is 11.5. The number of fused-ring (bicyclic) bond motifs is 3. The van der Waals surface area contributed by atoms with E-state index in [0.29, 0.717) is 30.3 Å². The Morgan fingerprint density at radius 2 is 1.84 bits per heavy atom. The predicted octanol–water partition coefficient (Wildman–Crippen LogP) is 7.80. The lowest BCUT2D eigenvalue weighted by Crippen LogP contribution is -2.42. The molecule has 37 heavy (non-hydrogen) atoms. The van der Waals surface area contributed by atoms with Gasteiger partial charge in [0.2, 0.25) is 0 Å². The number of aromatic nitrogens is 1. The van der Waals surface area contributed by atoms with E-state index in [-0.39, 0.29) is 12.1 Å². The smallest absolute Gasteiger partial charge is 0.416 e. The minimum atomic E-state index is -0.370. The third-order valence-corrected chi connectivity index (χ3v) is 7.87. The Hall–Kier alpha value is -3.09. The van der Waals surface area contributed by atoms with Gasteiger partial charge in [0.15, 0.2) is 0 Å². The Kier molecular flexibility index (Phi) is 7.96. The van der Waals surface area contributed by atoms with Crippen molar-refractivity contribution in [2.45, 2.75) is 32.7 Å². The molecule has 1 aliphatic rings. The van der Waals surface area contributed by atoms with Gasteiger partial charge in [-0.15, -0.1) is 0 Å². The third-order valence-electron chi connectivity index (χ3n) is 6.65. The number of nitrogens with one attached hydrogen (secondary N) is 1. The fourth-order valence-electron chi connectivity index (χ4n) is 4.81. The molecule has 192 valence electrons. The van der Waals surface area contributed by atoms with Crippen LogP contribution in [0.2, 0.25) is 5.02 Å². The molecule has 0 saturated heterocycles. The van der Waals surface area contributed by atoms with Crippen LogP contribution in [0, 0.1) is 6.92 Å². The molecule has 0 bridgehead atoms. The highest BCUT2D eigenvalue weighted by Gasteiger charge is 2.35. The summed E-state index contributed by atoms with van der Waals surface area (Å²) in [6.45, 7) is 5.41. The van der Waals surface area contributed by atoms with Crippen molar-refractivity contribution < 1.29 is 14.3 Å². The molecule has 1 atom stereocenters. The van der Waals surface area contributed by atoms with Gasteiger partial charge >= 0.3 is 6.09 Å². The molecule has 1 N–H and O–H groups in total. The normalized spacial score (nSPS) is 15.0. The van der Waals surface area contributed by atoms with Gasteiger partial charge < -0.3 is 14.5 Å². The van der Waals surface area contributed by atoms with Crippen LogP contribution < -0.4 is 9.47 Å². The number of thioether (sulfide) groups is 1. The summed E-state index contributed by atoms with van der Waals surface area (Å²) >= 11 is 8.25. The van der Waals surface area contributed by atoms with Crippen molar-refractivity contribution in [2.24, 2.45) is 0 Å². The first-order valence-corrected chi connectivity index (χ1v) is 14.2. The molecule has 1 unspecified atom stereocenters. The largest absolute Gasteiger partial charge is 0.494 e. The van der Waals surface area contributed by atoms with Crippen molar-refractivity contribution in [3.63, 3.8) is 0 Å². The number of hydrogen-bond acceptors (Lipinski definition) is 4. The van der Waals surface area contributed by atoms with Gasteiger partial charge in [-0.2, -0.15) is 11.8 Å². The number of benzene rings is 3. The first-order valence-electron chi connectivity index (χ1n) is 12.7. The number of ether oxygens (including phenoxy) is 2. The molecule has 5 rings (SSSR count). The second-order valence-corrected chi connectivity index (χ2v) is 11.0. The molecule has 0 radical (unpaired) electrons. The first kappa shape index (κ1) is 25.6. The highest BCUT2D eigenvalue weighted by atomic mass is 35.5. The van der Waals surface area contributed by atoms with E-state index in [2.05, 4.69) is 11.9 Å². The third kappa shape index (κ3) is 5.76. The summed E-state index contributed by atoms with van der Waals surface area (Å²) in [5.74, 6) is 3.59. The predicted molar refractivity (Wildman–Crippen MR) is 152 cm³/mol. The molecule has 0 aliphatic carbocycles. The Labute approximate surface area is 227 Å². The minimum Gasteiger partial charge on any atom is -0.494 e. The number of hydrogen-bond donors (Lipinski definition) is 1. The molecule has 7 heteroatoms. The highest BCUT2D eigenvalue weighted by molar-refractivity contribution is 7.99. The van der Waals surface area contributed by atoms with E-state index in [1.165, 1.54) is 5.56 Å². The van der Waals surface area contributed by atoms with Gasteiger partial charge in [-0.3, -0.25) is 4.90 Å². The van der Waals surface area contributed by atoms with Crippen molar-refractivity contribution >= 4 is 40.4 Å². The molecule has 1 aliphatic heterocycles. The van der Waals surface area contributed by atoms with Crippen molar-refractivity contribution in [1.29, 1.82) is 0 Å². The standard InChI is InChI=1S/C30H31ClN2O3S/c1-3-37-18-4-17-35-23-12-7-21(8-13-23)29-28-25(26-19-22(31)9-14-27(26)32-28)15-16-33(29)30(34)36-24-10-5-20(2)6-11-24/h5-14,19,29,32H,3-4,15-18H2,1-2H3. The van der Waals surface area contributed by atoms with Crippen LogP contribution in [0.15, 0.2) is 66.7 Å². The number of halogens is 1. The number of amides is 1. The molecular formula is C30H31ClN2O3S. The lowest BCUT2D eigenvalue weighted by Gasteiger charge is -2.35. The molecule has 2 heterocycles. The number of aromatic amines is 1. The minimum absolute atomic E-state index is 0.317. The number of carbonyl (C=O) groups is 1. The van der Waals surface area contributed by atoms with Gasteiger partial charge in [0, 0.05) is 28.2 Å². The van der Waals surface area contributed by atoms with Gasteiger partial charge in [0.05, 0.1) is 6.61 Å². The first-order chi connectivity index (χ1) is 18.0. The van der Waals surface area contributed by atoms with Crippen LogP contribution in [0.4, 0.5) is 4.79 Å². The Balaban J connectivity index is 1.44. The maximum Gasteiger partial charge on any atom is 0.416 e. The fraction of sp³-hybridized carbons (Fsp3) is 0.300. The topological polar surface area (TPSA) is 54.6 Å². The Bertz CT molecular complexity index is 1370. The van der Waals surface area contributed by atoms with Crippen LogP contribution >= 0.6 is 23.4 Å². The molecular weight excluding hydrogens is 504 g/mol. The van der Waals surface area contributed by atoms with E-state index < -0.39 is 0 Å². The maximum atomic E-state index is 13.5. The van der Waals surface area contributed by atoms with Crippen molar-refractivity contribution in [1.82, 2.24) is 9.88 Å². The maximum absolute atomic E-state index is 13.5. The molecule has 0 fully saturated rings. The van der Waals surface area contributed by atoms with Crippen LogP contribution in [0.25, 0.3) is 10.9 Å². The summed E-state index contributed by atoms with van der Waals surface area (Å²) in [6.07, 6.45) is 1.36. The summed E-state index contributed by atoms with van der Waals surface area (Å²) in [6, 6.07) is 21.2. The van der Waals surface area contributed by atoms with E-state index in [9.17, 15) is 4.79 Å². The molecule has 5 nitrogen and oxygen atoms in total. The summed E-state index contributed by atoms with van der Waals surface area (Å²) in [5, 5.41) is 1.80. The number of H-pyrrole nitrogens is 1. The summed E-state index contributed by atoms with van der Waals surface area (Å²) in [5.41, 5.74) is 5.31. The van der Waals surface area contributed by atoms with E-state index in [0.717, 1.165) is 51.4 Å². The quantitative estimate of drug-likeness (QED) is 0.234. The number of carbonyl (C=O) groups excluding carboxylic acids is 1. The van der Waals surface area contributed by atoms with Gasteiger partial charge in [-0.1, -0.05) is 48.4 Å². The number of aryl methyl sites for hydroxylation is 1. The van der Waals surface area contributed by atoms with Crippen LogP contribution in [0.5, 0.6) is 11.5 Å². The molecule has 0 saturated carbocycles. The average molecular weight is 535 g/mol. The molecule has 1 aromatic heterocycles. The zero-order valence-corrected chi connectivity index (χ0v) is 22.7. The second-order valence-electron chi connectivity index (χ2n) is 9.20. The van der Waals surface area contributed by atoms with Crippen LogP contribution in [-0.4, -0.2) is 40.6 Å². The van der Waals surface area contributed by atoms with E-state index in [1.807, 2.05) is 85.4 Å². The number of nitrogens with zero attached hydrogens (tertiary/aromatic N) is 1. The van der Waals surface area contributed by atoms with E-state index >= 15 is 0 Å². The monoisotopic (exact) mass is 534 g/mol. The van der Waals surface area contributed by atoms with Crippen molar-refractivity contribution in [2.75, 3.05) is 24.7 Å². The highest BCUT2D eigenvalue weighted by Crippen LogP contribution is 2.40. The summed E-state index contributed by atoms with van der Waals surface area (Å²) < 4.78 is 11.8. The summed E-state index contributed by atoms with van der Waals surface area (Å²) in [4.78, 5) is 18.8. The summed E-state index contributed by atoms with van der Waals surface area (Å²) in [7, 11) is 0. The van der Waals surface area contributed by atoms with Gasteiger partial charge in [0.1, 0.15) is 17.5 Å². The van der Waals surface area contributed by atoms with Gasteiger partial charge in [-0.25, -0.2) is 4.79 Å². The van der Waals surface area contributed by atoms with E-state index in [1.54, 1.807) is 4.90 Å². The van der Waals surface area contributed by atoms with Crippen molar-refractivity contribution in [3.05, 3.63) is 94.1 Å². The molecule has 4 aromatic rings. The van der Waals surface area contributed by atoms with Gasteiger partial charge in [0.25, 0.3) is 0 Å². The molecule has 3 aromatic carbocycles. The van der Waals surface area contributed by atoms with Crippen LogP contribution in [0.3, 0.4) is 0 Å². The lowest BCUT2D eigenvalue weighted by molar-refractivity contribution is 0.135. The fourth-order valence-corrected chi connectivity index (χ4v) is 5.59.